The number of carbonyl (C=O) groups is 1. The van der Waals surface area contributed by atoms with Gasteiger partial charge >= 0.3 is 5.76 Å². The lowest BCUT2D eigenvalue weighted by molar-refractivity contribution is 0.0776. The van der Waals surface area contributed by atoms with Crippen molar-refractivity contribution >= 4 is 38.3 Å². The van der Waals surface area contributed by atoms with Gasteiger partial charge in [0.15, 0.2) is 0 Å². The number of hydrogen-bond donors (Lipinski definition) is 1. The average Bonchev–Trinajstić information content (AvgIpc) is 3.92. The summed E-state index contributed by atoms with van der Waals surface area (Å²) in [4.78, 5) is 39.1. The SMILES string of the molecule is O=C1c2c(nc(CCc3ccc(F)cc3)c(-c3n[nH]c(=O)o3)c2-c2cc3ccnc(Cc4coc5ccccc45)c3s2)[C@H]2CCCN12. The van der Waals surface area contributed by atoms with Gasteiger partial charge in [0.25, 0.3) is 11.8 Å². The summed E-state index contributed by atoms with van der Waals surface area (Å²) in [5.74, 6) is -0.993. The number of fused-ring (bicyclic) bond motifs is 5. The maximum atomic E-state index is 14.1. The van der Waals surface area contributed by atoms with Crippen LogP contribution in [0.5, 0.6) is 0 Å². The van der Waals surface area contributed by atoms with Crippen molar-refractivity contribution in [3.8, 4) is 21.9 Å². The van der Waals surface area contributed by atoms with Crippen LogP contribution in [-0.2, 0) is 19.3 Å². The van der Waals surface area contributed by atoms with Crippen LogP contribution in [0.3, 0.4) is 0 Å². The molecule has 1 saturated heterocycles. The molecule has 1 amide bonds. The van der Waals surface area contributed by atoms with E-state index in [2.05, 4.69) is 16.3 Å². The first-order chi connectivity index (χ1) is 23.0. The predicted octanol–water partition coefficient (Wildman–Crippen LogP) is 7.25. The molecule has 11 heteroatoms. The number of halogens is 1. The van der Waals surface area contributed by atoms with Gasteiger partial charge in [-0.05, 0) is 67.0 Å². The number of aromatic amines is 1. The maximum Gasteiger partial charge on any atom is 0.434 e. The first-order valence-electron chi connectivity index (χ1n) is 15.5. The lowest BCUT2D eigenvalue weighted by atomic mass is 9.93. The minimum atomic E-state index is -0.696. The van der Waals surface area contributed by atoms with Gasteiger partial charge in [0.05, 0.1) is 45.2 Å². The van der Waals surface area contributed by atoms with Crippen molar-refractivity contribution in [1.82, 2.24) is 25.1 Å². The van der Waals surface area contributed by atoms with Gasteiger partial charge in [-0.2, -0.15) is 0 Å². The second kappa shape index (κ2) is 10.8. The summed E-state index contributed by atoms with van der Waals surface area (Å²) in [6, 6.07) is 18.3. The van der Waals surface area contributed by atoms with E-state index >= 15 is 0 Å². The fraction of sp³-hybridized carbons (Fsp3) is 0.194. The van der Waals surface area contributed by atoms with Crippen LogP contribution in [0.4, 0.5) is 4.39 Å². The Kier molecular flexibility index (Phi) is 6.42. The summed E-state index contributed by atoms with van der Waals surface area (Å²) >= 11 is 1.55. The standard InChI is InChI=1S/C36H26FN5O4S/c37-22-10-7-19(8-11-22)9-12-24-29(34-40-41-36(44)46-34)30(31-32(39-24)26-5-3-15-42(26)35(31)43)28-17-20-13-14-38-25(33(20)47-28)16-21-18-45-27-6-2-1-4-23(21)27/h1-2,4,6-8,10-11,13-14,17-18,26H,3,5,9,12,15-16H2,(H,41,44)/t26-/m1/s1. The van der Waals surface area contributed by atoms with Gasteiger partial charge in [-0.25, -0.2) is 14.3 Å². The predicted molar refractivity (Wildman–Crippen MR) is 175 cm³/mol. The third-order valence-electron chi connectivity index (χ3n) is 9.23. The largest absolute Gasteiger partial charge is 0.464 e. The lowest BCUT2D eigenvalue weighted by Gasteiger charge is -2.16. The van der Waals surface area contributed by atoms with Crippen LogP contribution < -0.4 is 5.76 Å². The van der Waals surface area contributed by atoms with Gasteiger partial charge in [0, 0.05) is 40.6 Å². The molecule has 7 heterocycles. The van der Waals surface area contributed by atoms with Gasteiger partial charge in [-0.15, -0.1) is 16.4 Å². The van der Waals surface area contributed by atoms with Gasteiger partial charge in [0.1, 0.15) is 11.4 Å². The Labute approximate surface area is 270 Å². The molecule has 1 N–H and O–H groups in total. The number of furan rings is 1. The molecular formula is C36H26FN5O4S. The van der Waals surface area contributed by atoms with E-state index in [0.717, 1.165) is 61.3 Å². The average molecular weight is 644 g/mol. The number of rotatable bonds is 7. The summed E-state index contributed by atoms with van der Waals surface area (Å²) in [6.07, 6.45) is 6.93. The van der Waals surface area contributed by atoms with Crippen LogP contribution in [0.2, 0.25) is 0 Å². The Balaban J connectivity index is 1.24. The smallest absolute Gasteiger partial charge is 0.434 e. The quantitative estimate of drug-likeness (QED) is 0.194. The van der Waals surface area contributed by atoms with E-state index in [4.69, 9.17) is 18.8 Å². The minimum absolute atomic E-state index is 0.0742. The number of thiophene rings is 1. The van der Waals surface area contributed by atoms with E-state index in [9.17, 15) is 14.0 Å². The van der Waals surface area contributed by atoms with Crippen LogP contribution in [0.1, 0.15) is 57.5 Å². The number of para-hydroxylation sites is 1. The van der Waals surface area contributed by atoms with Crippen molar-refractivity contribution in [2.24, 2.45) is 0 Å². The van der Waals surface area contributed by atoms with Crippen LogP contribution in [0.15, 0.2) is 86.8 Å². The molecule has 7 aromatic rings. The molecule has 0 aliphatic carbocycles. The van der Waals surface area contributed by atoms with Crippen LogP contribution in [0, 0.1) is 5.82 Å². The van der Waals surface area contributed by atoms with E-state index in [0.29, 0.717) is 48.2 Å². The van der Waals surface area contributed by atoms with Gasteiger partial charge in [-0.3, -0.25) is 14.8 Å². The van der Waals surface area contributed by atoms with Gasteiger partial charge in [0.2, 0.25) is 0 Å². The number of amides is 1. The van der Waals surface area contributed by atoms with Crippen molar-refractivity contribution in [3.05, 3.63) is 123 Å². The lowest BCUT2D eigenvalue weighted by Crippen LogP contribution is -2.22. The molecule has 232 valence electrons. The van der Waals surface area contributed by atoms with Crippen molar-refractivity contribution < 1.29 is 18.0 Å². The van der Waals surface area contributed by atoms with Gasteiger partial charge in [-0.1, -0.05) is 30.3 Å². The Morgan fingerprint density at radius 1 is 1.00 bits per heavy atom. The number of aromatic nitrogens is 4. The number of nitrogens with zero attached hydrogens (tertiary/aromatic N) is 4. The second-order valence-electron chi connectivity index (χ2n) is 12.0. The molecule has 5 aromatic heterocycles. The Morgan fingerprint density at radius 3 is 2.72 bits per heavy atom. The van der Waals surface area contributed by atoms with Gasteiger partial charge < -0.3 is 13.7 Å². The molecule has 9 rings (SSSR count). The zero-order chi connectivity index (χ0) is 31.6. The van der Waals surface area contributed by atoms with Crippen molar-refractivity contribution in [3.63, 3.8) is 0 Å². The number of pyridine rings is 2. The monoisotopic (exact) mass is 643 g/mol. The summed E-state index contributed by atoms with van der Waals surface area (Å²) in [6.45, 7) is 0.663. The fourth-order valence-electron chi connectivity index (χ4n) is 7.08. The van der Waals surface area contributed by atoms with E-state index in [1.165, 1.54) is 12.1 Å². The van der Waals surface area contributed by atoms with Crippen LogP contribution in [-0.4, -0.2) is 37.5 Å². The summed E-state index contributed by atoms with van der Waals surface area (Å²) in [5, 5.41) is 8.66. The van der Waals surface area contributed by atoms with Crippen molar-refractivity contribution in [1.29, 1.82) is 0 Å². The highest BCUT2D eigenvalue weighted by Crippen LogP contribution is 2.50. The summed E-state index contributed by atoms with van der Waals surface area (Å²) in [5.41, 5.74) is 6.83. The molecule has 9 nitrogen and oxygen atoms in total. The Morgan fingerprint density at radius 2 is 1.87 bits per heavy atom. The molecule has 0 bridgehead atoms. The molecule has 0 saturated carbocycles. The molecule has 2 aliphatic rings. The Hall–Kier alpha value is -5.42. The minimum Gasteiger partial charge on any atom is -0.464 e. The summed E-state index contributed by atoms with van der Waals surface area (Å²) < 4.78 is 26.1. The Bertz CT molecular complexity index is 2410. The van der Waals surface area contributed by atoms with E-state index in [1.54, 1.807) is 35.9 Å². The highest BCUT2D eigenvalue weighted by atomic mass is 32.1. The third-order valence-corrected chi connectivity index (χ3v) is 10.4. The number of H-pyrrole nitrogens is 1. The van der Waals surface area contributed by atoms with E-state index < -0.39 is 5.76 Å². The highest BCUT2D eigenvalue weighted by Gasteiger charge is 2.44. The molecule has 0 spiro atoms. The van der Waals surface area contributed by atoms with E-state index in [-0.39, 0.29) is 23.7 Å². The first kappa shape index (κ1) is 27.9. The fourth-order valence-corrected chi connectivity index (χ4v) is 8.28. The molecule has 47 heavy (non-hydrogen) atoms. The third kappa shape index (κ3) is 4.60. The number of carbonyl (C=O) groups excluding carboxylic acids is 1. The number of aryl methyl sites for hydroxylation is 2. The molecular weight excluding hydrogens is 617 g/mol. The zero-order valence-corrected chi connectivity index (χ0v) is 25.8. The van der Waals surface area contributed by atoms with Crippen LogP contribution in [0.25, 0.3) is 43.0 Å². The van der Waals surface area contributed by atoms with Crippen LogP contribution >= 0.6 is 11.3 Å². The highest BCUT2D eigenvalue weighted by molar-refractivity contribution is 7.22. The van der Waals surface area contributed by atoms with E-state index in [1.807, 2.05) is 35.2 Å². The number of hydrogen-bond acceptors (Lipinski definition) is 8. The zero-order valence-electron chi connectivity index (χ0n) is 25.0. The molecule has 0 unspecified atom stereocenters. The molecule has 0 radical (unpaired) electrons. The molecule has 2 aliphatic heterocycles. The number of benzene rings is 2. The first-order valence-corrected chi connectivity index (χ1v) is 16.3. The maximum absolute atomic E-state index is 14.1. The second-order valence-corrected chi connectivity index (χ2v) is 13.0. The molecule has 1 fully saturated rings. The molecule has 2 aromatic carbocycles. The topological polar surface area (TPSA) is 118 Å². The number of nitrogens with one attached hydrogen (secondary N) is 1. The van der Waals surface area contributed by atoms with Crippen molar-refractivity contribution in [2.45, 2.75) is 38.1 Å². The normalized spacial score (nSPS) is 15.6. The molecule has 1 atom stereocenters. The van der Waals surface area contributed by atoms with Crippen molar-refractivity contribution in [2.75, 3.05) is 6.54 Å². The summed E-state index contributed by atoms with van der Waals surface area (Å²) in [7, 11) is 0.